The summed E-state index contributed by atoms with van der Waals surface area (Å²) in [7, 11) is 0. The molecule has 70 valence electrons. The molecule has 1 rings (SSSR count). The molecule has 0 N–H and O–H groups in total. The summed E-state index contributed by atoms with van der Waals surface area (Å²) in [6.45, 7) is 4.67. The summed E-state index contributed by atoms with van der Waals surface area (Å²) in [6, 6.07) is 0. The predicted octanol–water partition coefficient (Wildman–Crippen LogP) is 3.83. The van der Waals surface area contributed by atoms with Crippen LogP contribution in [0.3, 0.4) is 0 Å². The first-order valence-electron chi connectivity index (χ1n) is 4.91. The van der Waals surface area contributed by atoms with Crippen LogP contribution < -0.4 is 0 Å². The normalized spacial score (nSPS) is 26.0. The third-order valence-corrected chi connectivity index (χ3v) is 56.7. The van der Waals surface area contributed by atoms with Gasteiger partial charge >= 0.3 is 86.4 Å². The molecule has 0 unspecified atom stereocenters. The van der Waals surface area contributed by atoms with Crippen molar-refractivity contribution in [2.45, 2.75) is 40.5 Å². The van der Waals surface area contributed by atoms with E-state index in [2.05, 4.69) is 33.6 Å². The Kier molecular flexibility index (Phi) is 3.31. The molecule has 0 atom stereocenters. The Morgan fingerprint density at radius 2 is 1.58 bits per heavy atom. The van der Waals surface area contributed by atoms with Crippen LogP contribution in [0.2, 0.25) is 26.6 Å². The Morgan fingerprint density at radius 1 is 1.08 bits per heavy atom. The Labute approximate surface area is 85.6 Å². The van der Waals surface area contributed by atoms with Crippen LogP contribution in [0.5, 0.6) is 0 Å². The van der Waals surface area contributed by atoms with Crippen molar-refractivity contribution in [2.24, 2.45) is 0 Å². The minimum absolute atomic E-state index is 1.47. The maximum absolute atomic E-state index is 2.64. The van der Waals surface area contributed by atoms with Crippen LogP contribution in [0.25, 0.3) is 0 Å². The third-order valence-electron chi connectivity index (χ3n) is 3.00. The van der Waals surface area contributed by atoms with Gasteiger partial charge in [-0.2, -0.15) is 0 Å². The van der Waals surface area contributed by atoms with E-state index in [9.17, 15) is 0 Å². The SMILES string of the molecule is CC(C)=[C]1[CH2][Sn]([CH3])([CH3])[CH2][Sn]1([CH3])[CH3]. The van der Waals surface area contributed by atoms with Crippen molar-refractivity contribution in [2.75, 3.05) is 0 Å². The van der Waals surface area contributed by atoms with Crippen molar-refractivity contribution >= 4 is 36.8 Å². The van der Waals surface area contributed by atoms with E-state index in [0.29, 0.717) is 0 Å². The summed E-state index contributed by atoms with van der Waals surface area (Å²) >= 11 is -3.10. The van der Waals surface area contributed by atoms with Crippen LogP contribution >= 0.6 is 0 Å². The zero-order chi connectivity index (χ0) is 9.57. The summed E-state index contributed by atoms with van der Waals surface area (Å²) in [4.78, 5) is 10.6. The van der Waals surface area contributed by atoms with Crippen molar-refractivity contribution in [3.8, 4) is 0 Å². The van der Waals surface area contributed by atoms with Gasteiger partial charge in [0.2, 0.25) is 0 Å². The first kappa shape index (κ1) is 11.4. The molecule has 0 amide bonds. The molecule has 0 aliphatic carbocycles. The molecule has 0 nitrogen and oxygen atoms in total. The van der Waals surface area contributed by atoms with Crippen molar-refractivity contribution in [3.05, 3.63) is 9.16 Å². The van der Waals surface area contributed by atoms with Gasteiger partial charge in [-0.25, -0.2) is 0 Å². The van der Waals surface area contributed by atoms with Crippen molar-refractivity contribution in [3.63, 3.8) is 0 Å². The molecule has 0 bridgehead atoms. The maximum atomic E-state index is 2.64. The molecule has 1 aliphatic rings. The average molecular weight is 380 g/mol. The Morgan fingerprint density at radius 3 is 1.75 bits per heavy atom. The van der Waals surface area contributed by atoms with E-state index in [0.717, 1.165) is 0 Å². The molecule has 0 aromatic carbocycles. The number of allylic oxidation sites excluding steroid dienone is 2. The van der Waals surface area contributed by atoms with Crippen LogP contribution in [0, 0.1) is 0 Å². The Hall–Kier alpha value is 1.34. The zero-order valence-electron chi connectivity index (χ0n) is 9.41. The van der Waals surface area contributed by atoms with E-state index in [1.807, 2.05) is 3.59 Å². The van der Waals surface area contributed by atoms with Crippen LogP contribution in [-0.2, 0) is 0 Å². The second-order valence-corrected chi connectivity index (χ2v) is 39.5. The topological polar surface area (TPSA) is 0 Å². The van der Waals surface area contributed by atoms with Gasteiger partial charge in [-0.3, -0.25) is 0 Å². The first-order chi connectivity index (χ1) is 5.25. The van der Waals surface area contributed by atoms with Gasteiger partial charge in [-0.05, 0) is 0 Å². The van der Waals surface area contributed by atoms with E-state index in [-0.39, 0.29) is 0 Å². The summed E-state index contributed by atoms with van der Waals surface area (Å²) in [6.07, 6.45) is 0. The standard InChI is InChI=1S/C5H8.4CH3.CH2.2Sn/c1-4-5(2)3;;;;;;;/h1H2,2-3H3;4*1H3;1H2;;. The van der Waals surface area contributed by atoms with E-state index in [1.165, 1.54) is 0 Å². The average Bonchev–Trinajstić information content (AvgIpc) is 1.99. The Balaban J connectivity index is 3.01. The molecule has 1 aliphatic heterocycles. The zero-order valence-corrected chi connectivity index (χ0v) is 15.1. The quantitative estimate of drug-likeness (QED) is 0.561. The number of hydrogen-bond donors (Lipinski definition) is 0. The molecule has 2 heteroatoms. The van der Waals surface area contributed by atoms with Gasteiger partial charge in [0.05, 0.1) is 0 Å². The van der Waals surface area contributed by atoms with Gasteiger partial charge in [0.1, 0.15) is 0 Å². The second kappa shape index (κ2) is 3.48. The predicted molar refractivity (Wildman–Crippen MR) is 63.0 cm³/mol. The molecular weight excluding hydrogens is 358 g/mol. The summed E-state index contributed by atoms with van der Waals surface area (Å²) in [5.41, 5.74) is 1.68. The van der Waals surface area contributed by atoms with E-state index >= 15 is 0 Å². The molecule has 1 fully saturated rings. The molecule has 1 saturated heterocycles. The van der Waals surface area contributed by atoms with Crippen LogP contribution in [0.4, 0.5) is 0 Å². The summed E-state index contributed by atoms with van der Waals surface area (Å²) in [5, 5.41) is 0. The van der Waals surface area contributed by atoms with Gasteiger partial charge in [0, 0.05) is 0 Å². The number of rotatable bonds is 0. The van der Waals surface area contributed by atoms with E-state index in [1.54, 1.807) is 12.5 Å². The van der Waals surface area contributed by atoms with Crippen molar-refractivity contribution < 1.29 is 0 Å². The van der Waals surface area contributed by atoms with Gasteiger partial charge in [-0.1, -0.05) is 0 Å². The van der Waals surface area contributed by atoms with Crippen molar-refractivity contribution in [1.29, 1.82) is 0 Å². The van der Waals surface area contributed by atoms with Gasteiger partial charge in [0.25, 0.3) is 0 Å². The molecule has 0 aromatic rings. The van der Waals surface area contributed by atoms with Gasteiger partial charge in [-0.15, -0.1) is 0 Å². The second-order valence-electron chi connectivity index (χ2n) is 5.88. The molecule has 1 heterocycles. The molecule has 0 spiro atoms. The fourth-order valence-electron chi connectivity index (χ4n) is 2.94. The van der Waals surface area contributed by atoms with Crippen LogP contribution in [0.15, 0.2) is 9.16 Å². The first-order valence-corrected chi connectivity index (χ1v) is 23.8. The molecular formula is C10H22Sn2. The van der Waals surface area contributed by atoms with Crippen LogP contribution in [0.1, 0.15) is 13.8 Å². The van der Waals surface area contributed by atoms with Crippen LogP contribution in [-0.4, -0.2) is 36.8 Å². The monoisotopic (exact) mass is 382 g/mol. The van der Waals surface area contributed by atoms with E-state index < -0.39 is 36.8 Å². The van der Waals surface area contributed by atoms with Gasteiger partial charge in [0.15, 0.2) is 0 Å². The molecule has 0 saturated carbocycles. The fraction of sp³-hybridized carbons (Fsp3) is 0.800. The summed E-state index contributed by atoms with van der Waals surface area (Å²) in [5.74, 6) is 0. The minimum atomic E-state index is -1.63. The Bertz CT molecular complexity index is 220. The molecule has 0 radical (unpaired) electrons. The molecule has 12 heavy (non-hydrogen) atoms. The number of hydrogen-bond acceptors (Lipinski definition) is 0. The summed E-state index contributed by atoms with van der Waals surface area (Å²) < 4.78 is 5.34. The molecule has 0 aromatic heterocycles. The fourth-order valence-corrected chi connectivity index (χ4v) is 90.3. The van der Waals surface area contributed by atoms with Gasteiger partial charge < -0.3 is 0 Å². The van der Waals surface area contributed by atoms with Crippen molar-refractivity contribution in [1.82, 2.24) is 0 Å². The third kappa shape index (κ3) is 2.43. The van der Waals surface area contributed by atoms with E-state index in [4.69, 9.17) is 0 Å².